The lowest BCUT2D eigenvalue weighted by Crippen LogP contribution is -2.31. The Morgan fingerprint density at radius 1 is 0.800 bits per heavy atom. The Morgan fingerprint density at radius 3 is 2.30 bits per heavy atom. The SMILES string of the molecule is NC1CC2CC1CC1(C2)C2(CCC2)C12CC1CCC2C1. The second kappa shape index (κ2) is 3.16. The maximum absolute atomic E-state index is 6.48. The highest BCUT2D eigenvalue weighted by molar-refractivity contribution is 5.38. The molecular formula is C19H29N. The van der Waals surface area contributed by atoms with Gasteiger partial charge in [-0.1, -0.05) is 12.8 Å². The van der Waals surface area contributed by atoms with Gasteiger partial charge in [0.2, 0.25) is 0 Å². The van der Waals surface area contributed by atoms with E-state index in [0.717, 1.165) is 39.9 Å². The molecule has 7 atom stereocenters. The van der Waals surface area contributed by atoms with Crippen LogP contribution in [0.5, 0.6) is 0 Å². The molecule has 20 heavy (non-hydrogen) atoms. The summed E-state index contributed by atoms with van der Waals surface area (Å²) in [5, 5.41) is 0. The average Bonchev–Trinajstić information content (AvgIpc) is 2.83. The van der Waals surface area contributed by atoms with E-state index in [0.29, 0.717) is 6.04 Å². The topological polar surface area (TPSA) is 26.0 Å². The van der Waals surface area contributed by atoms with Crippen molar-refractivity contribution in [3.05, 3.63) is 0 Å². The zero-order valence-electron chi connectivity index (χ0n) is 12.7. The van der Waals surface area contributed by atoms with Crippen molar-refractivity contribution in [3.8, 4) is 0 Å². The summed E-state index contributed by atoms with van der Waals surface area (Å²) >= 11 is 0. The fraction of sp³-hybridized carbons (Fsp3) is 1.00. The van der Waals surface area contributed by atoms with Gasteiger partial charge >= 0.3 is 0 Å². The van der Waals surface area contributed by atoms with Crippen LogP contribution in [0.25, 0.3) is 0 Å². The van der Waals surface area contributed by atoms with E-state index in [9.17, 15) is 0 Å². The Hall–Kier alpha value is -0.0400. The number of fused-ring (bicyclic) bond motifs is 8. The van der Waals surface area contributed by atoms with Crippen molar-refractivity contribution >= 4 is 0 Å². The Kier molecular flexibility index (Phi) is 1.82. The van der Waals surface area contributed by atoms with Crippen LogP contribution in [-0.4, -0.2) is 6.04 Å². The normalized spacial score (nSPS) is 64.3. The van der Waals surface area contributed by atoms with Crippen LogP contribution < -0.4 is 5.73 Å². The quantitative estimate of drug-likeness (QED) is 0.705. The standard InChI is InChI=1S/C19H29N/c20-16-8-13-6-14(16)11-18(9-13)17(4-1-5-17)19(18)10-12-2-3-15(19)7-12/h12-16H,1-11,20H2. The van der Waals surface area contributed by atoms with Crippen LogP contribution in [-0.2, 0) is 0 Å². The van der Waals surface area contributed by atoms with E-state index in [4.69, 9.17) is 5.73 Å². The van der Waals surface area contributed by atoms with Crippen molar-refractivity contribution in [3.63, 3.8) is 0 Å². The Morgan fingerprint density at radius 2 is 1.70 bits per heavy atom. The van der Waals surface area contributed by atoms with Gasteiger partial charge in [0.15, 0.2) is 0 Å². The first kappa shape index (κ1) is 11.5. The molecule has 6 saturated carbocycles. The highest BCUT2D eigenvalue weighted by Gasteiger charge is 2.90. The van der Waals surface area contributed by atoms with Gasteiger partial charge in [0.25, 0.3) is 0 Å². The summed E-state index contributed by atoms with van der Waals surface area (Å²) in [6.07, 6.45) is 17.2. The molecule has 6 rings (SSSR count). The van der Waals surface area contributed by atoms with Gasteiger partial charge in [-0.15, -0.1) is 0 Å². The van der Waals surface area contributed by atoms with Crippen LogP contribution in [0.4, 0.5) is 0 Å². The molecule has 2 N–H and O–H groups in total. The van der Waals surface area contributed by atoms with Gasteiger partial charge in [-0.25, -0.2) is 0 Å². The fourth-order valence-corrected chi connectivity index (χ4v) is 9.37. The molecule has 1 nitrogen and oxygen atoms in total. The minimum Gasteiger partial charge on any atom is -0.327 e. The van der Waals surface area contributed by atoms with Gasteiger partial charge in [-0.05, 0) is 97.7 Å². The van der Waals surface area contributed by atoms with Crippen molar-refractivity contribution in [1.82, 2.24) is 0 Å². The van der Waals surface area contributed by atoms with Crippen LogP contribution in [0.1, 0.15) is 70.6 Å². The Balaban J connectivity index is 1.46. The highest BCUT2D eigenvalue weighted by Crippen LogP contribution is 2.96. The Labute approximate surface area is 123 Å². The molecule has 0 heterocycles. The summed E-state index contributed by atoms with van der Waals surface area (Å²) in [5.41, 5.74) is 8.98. The molecule has 1 heteroatoms. The predicted octanol–water partition coefficient (Wildman–Crippen LogP) is 4.11. The van der Waals surface area contributed by atoms with Crippen molar-refractivity contribution in [2.45, 2.75) is 76.7 Å². The molecule has 0 aromatic rings. The zero-order valence-corrected chi connectivity index (χ0v) is 12.7. The molecule has 6 aliphatic rings. The third kappa shape index (κ3) is 0.919. The molecular weight excluding hydrogens is 242 g/mol. The van der Waals surface area contributed by atoms with Crippen LogP contribution in [0.2, 0.25) is 0 Å². The minimum absolute atomic E-state index is 0.563. The molecule has 0 aromatic carbocycles. The number of nitrogens with two attached hydrogens (primary N) is 1. The number of rotatable bonds is 0. The lowest BCUT2D eigenvalue weighted by atomic mass is 9.67. The maximum atomic E-state index is 6.48. The summed E-state index contributed by atoms with van der Waals surface area (Å²) in [4.78, 5) is 0. The van der Waals surface area contributed by atoms with Gasteiger partial charge in [0.05, 0.1) is 0 Å². The lowest BCUT2D eigenvalue weighted by Gasteiger charge is -2.38. The largest absolute Gasteiger partial charge is 0.327 e. The molecule has 0 amide bonds. The second-order valence-electron chi connectivity index (χ2n) is 9.74. The third-order valence-electron chi connectivity index (χ3n) is 9.71. The van der Waals surface area contributed by atoms with E-state index in [2.05, 4.69) is 0 Å². The lowest BCUT2D eigenvalue weighted by molar-refractivity contribution is 0.125. The molecule has 7 unspecified atom stereocenters. The van der Waals surface area contributed by atoms with Gasteiger partial charge in [-0.2, -0.15) is 0 Å². The van der Waals surface area contributed by atoms with E-state index in [1.165, 1.54) is 12.8 Å². The number of hydrogen-bond donors (Lipinski definition) is 1. The molecule has 6 aliphatic carbocycles. The number of hydrogen-bond acceptors (Lipinski definition) is 1. The van der Waals surface area contributed by atoms with Crippen LogP contribution in [0.3, 0.4) is 0 Å². The molecule has 0 saturated heterocycles. The van der Waals surface area contributed by atoms with Crippen molar-refractivity contribution in [2.75, 3.05) is 0 Å². The molecule has 0 aromatic heterocycles. The van der Waals surface area contributed by atoms with Crippen molar-refractivity contribution in [1.29, 1.82) is 0 Å². The predicted molar refractivity (Wildman–Crippen MR) is 80.0 cm³/mol. The van der Waals surface area contributed by atoms with Crippen molar-refractivity contribution < 1.29 is 0 Å². The van der Waals surface area contributed by atoms with Gasteiger partial charge < -0.3 is 5.73 Å². The van der Waals surface area contributed by atoms with Crippen LogP contribution in [0.15, 0.2) is 0 Å². The molecule has 0 aliphatic heterocycles. The summed E-state index contributed by atoms with van der Waals surface area (Å²) in [6.45, 7) is 0. The summed E-state index contributed by atoms with van der Waals surface area (Å²) in [6, 6.07) is 0.563. The third-order valence-corrected chi connectivity index (χ3v) is 9.71. The van der Waals surface area contributed by atoms with E-state index >= 15 is 0 Å². The molecule has 0 radical (unpaired) electrons. The van der Waals surface area contributed by atoms with Gasteiger partial charge in [-0.3, -0.25) is 0 Å². The van der Waals surface area contributed by atoms with E-state index in [1.54, 1.807) is 57.8 Å². The summed E-state index contributed by atoms with van der Waals surface area (Å²) in [5.74, 6) is 4.19. The molecule has 4 bridgehead atoms. The Bertz CT molecular complexity index is 478. The fourth-order valence-electron chi connectivity index (χ4n) is 9.37. The van der Waals surface area contributed by atoms with Gasteiger partial charge in [0, 0.05) is 6.04 Å². The maximum Gasteiger partial charge on any atom is 0.00701 e. The molecule has 3 spiro atoms. The first-order chi connectivity index (χ1) is 9.71. The van der Waals surface area contributed by atoms with Crippen LogP contribution >= 0.6 is 0 Å². The van der Waals surface area contributed by atoms with Crippen LogP contribution in [0, 0.1) is 39.9 Å². The molecule has 110 valence electrons. The van der Waals surface area contributed by atoms with E-state index in [-0.39, 0.29) is 0 Å². The highest BCUT2D eigenvalue weighted by atomic mass is 14.9. The second-order valence-corrected chi connectivity index (χ2v) is 9.74. The monoisotopic (exact) mass is 271 g/mol. The first-order valence-electron chi connectivity index (χ1n) is 9.46. The summed E-state index contributed by atoms with van der Waals surface area (Å²) in [7, 11) is 0. The first-order valence-corrected chi connectivity index (χ1v) is 9.46. The summed E-state index contributed by atoms with van der Waals surface area (Å²) < 4.78 is 0. The van der Waals surface area contributed by atoms with E-state index < -0.39 is 0 Å². The van der Waals surface area contributed by atoms with Crippen molar-refractivity contribution in [2.24, 2.45) is 45.7 Å². The van der Waals surface area contributed by atoms with Gasteiger partial charge in [0.1, 0.15) is 0 Å². The average molecular weight is 271 g/mol. The zero-order chi connectivity index (χ0) is 13.2. The van der Waals surface area contributed by atoms with E-state index in [1.807, 2.05) is 0 Å². The smallest absolute Gasteiger partial charge is 0.00701 e. The molecule has 6 fully saturated rings. The minimum atomic E-state index is 0.563.